The Morgan fingerprint density at radius 2 is 1.95 bits per heavy atom. The summed E-state index contributed by atoms with van der Waals surface area (Å²) >= 11 is 11.9. The predicted octanol–water partition coefficient (Wildman–Crippen LogP) is 4.29. The zero-order valence-corrected chi connectivity index (χ0v) is 12.8. The molecule has 0 radical (unpaired) electrons. The second-order valence-corrected chi connectivity index (χ2v) is 5.25. The molecule has 0 aliphatic carbocycles. The number of furan rings is 1. The van der Waals surface area contributed by atoms with Crippen LogP contribution in [0.15, 0.2) is 34.7 Å². The van der Waals surface area contributed by atoms with E-state index >= 15 is 0 Å². The van der Waals surface area contributed by atoms with Crippen LogP contribution >= 0.6 is 23.2 Å². The molecule has 1 N–H and O–H groups in total. The van der Waals surface area contributed by atoms with Crippen LogP contribution in [0.1, 0.15) is 10.5 Å². The molecule has 7 heteroatoms. The second-order valence-electron chi connectivity index (χ2n) is 4.45. The molecule has 0 spiro atoms. The van der Waals surface area contributed by atoms with E-state index in [2.05, 4.69) is 9.72 Å². The number of fused-ring (bicyclic) bond motifs is 1. The highest BCUT2D eigenvalue weighted by molar-refractivity contribution is 6.34. The molecule has 0 aliphatic heterocycles. The van der Waals surface area contributed by atoms with Crippen LogP contribution in [-0.4, -0.2) is 23.2 Å². The fourth-order valence-electron chi connectivity index (χ4n) is 2.05. The van der Waals surface area contributed by atoms with E-state index in [0.29, 0.717) is 10.8 Å². The van der Waals surface area contributed by atoms with Gasteiger partial charge in [-0.3, -0.25) is 0 Å². The van der Waals surface area contributed by atoms with Gasteiger partial charge in [-0.1, -0.05) is 23.2 Å². The Kier molecular flexibility index (Phi) is 3.68. The van der Waals surface area contributed by atoms with Gasteiger partial charge in [0.05, 0.1) is 12.5 Å². The molecule has 112 valence electrons. The van der Waals surface area contributed by atoms with Crippen molar-refractivity contribution in [3.05, 3.63) is 46.2 Å². The van der Waals surface area contributed by atoms with Crippen molar-refractivity contribution in [1.82, 2.24) is 4.98 Å². The highest BCUT2D eigenvalue weighted by Crippen LogP contribution is 2.38. The Morgan fingerprint density at radius 3 is 2.59 bits per heavy atom. The Bertz CT molecular complexity index is 871. The largest absolute Gasteiger partial charge is 0.505 e. The number of aromatic nitrogens is 1. The normalized spacial score (nSPS) is 10.9. The first-order valence-electron chi connectivity index (χ1n) is 6.17. The van der Waals surface area contributed by atoms with Gasteiger partial charge in [0.2, 0.25) is 0 Å². The second kappa shape index (κ2) is 5.51. The summed E-state index contributed by atoms with van der Waals surface area (Å²) in [5.74, 6) is -0.654. The number of halogens is 2. The molecular formula is C15H9Cl2NO4. The average molecular weight is 338 g/mol. The van der Waals surface area contributed by atoms with Crippen molar-refractivity contribution >= 4 is 40.1 Å². The summed E-state index contributed by atoms with van der Waals surface area (Å²) in [4.78, 5) is 15.4. The summed E-state index contributed by atoms with van der Waals surface area (Å²) in [5.41, 5.74) is 0.677. The Morgan fingerprint density at radius 1 is 1.27 bits per heavy atom. The summed E-state index contributed by atoms with van der Waals surface area (Å²) in [6.07, 6.45) is 0. The highest BCUT2D eigenvalue weighted by atomic mass is 35.5. The van der Waals surface area contributed by atoms with Gasteiger partial charge in [-0.05, 0) is 30.3 Å². The average Bonchev–Trinajstić information content (AvgIpc) is 2.97. The minimum atomic E-state index is -0.782. The monoisotopic (exact) mass is 337 g/mol. The van der Waals surface area contributed by atoms with Crippen molar-refractivity contribution in [2.45, 2.75) is 0 Å². The molecule has 0 bridgehead atoms. The maximum absolute atomic E-state index is 11.6. The molecule has 22 heavy (non-hydrogen) atoms. The fraction of sp³-hybridized carbons (Fsp3) is 0.0667. The molecule has 0 fully saturated rings. The van der Waals surface area contributed by atoms with Crippen molar-refractivity contribution in [3.8, 4) is 17.1 Å². The van der Waals surface area contributed by atoms with E-state index < -0.39 is 5.97 Å². The van der Waals surface area contributed by atoms with E-state index in [9.17, 15) is 9.90 Å². The summed E-state index contributed by atoms with van der Waals surface area (Å²) < 4.78 is 10.2. The number of nitrogens with zero attached hydrogens (tertiary/aromatic N) is 1. The third-order valence-corrected chi connectivity index (χ3v) is 3.62. The van der Waals surface area contributed by atoms with Crippen LogP contribution in [0.4, 0.5) is 0 Å². The van der Waals surface area contributed by atoms with Gasteiger partial charge < -0.3 is 14.3 Å². The van der Waals surface area contributed by atoms with Gasteiger partial charge in [-0.25, -0.2) is 9.78 Å². The molecule has 0 saturated carbocycles. The van der Waals surface area contributed by atoms with Gasteiger partial charge in [0.15, 0.2) is 22.2 Å². The predicted molar refractivity (Wildman–Crippen MR) is 82.5 cm³/mol. The van der Waals surface area contributed by atoms with Gasteiger partial charge in [0.25, 0.3) is 0 Å². The summed E-state index contributed by atoms with van der Waals surface area (Å²) in [6.45, 7) is 0. The number of hydrogen-bond acceptors (Lipinski definition) is 5. The lowest BCUT2D eigenvalue weighted by Gasteiger charge is -2.02. The van der Waals surface area contributed by atoms with Crippen molar-refractivity contribution in [2.24, 2.45) is 0 Å². The number of methoxy groups -OCH3 is 1. The molecule has 3 rings (SSSR count). The van der Waals surface area contributed by atoms with Crippen molar-refractivity contribution in [1.29, 1.82) is 0 Å². The number of ether oxygens (including phenoxy) is 1. The number of carbonyl (C=O) groups is 1. The zero-order chi connectivity index (χ0) is 15.9. The summed E-state index contributed by atoms with van der Waals surface area (Å²) in [7, 11) is 1.19. The number of esters is 1. The van der Waals surface area contributed by atoms with E-state index in [1.54, 1.807) is 30.3 Å². The van der Waals surface area contributed by atoms with Crippen LogP contribution < -0.4 is 0 Å². The minimum Gasteiger partial charge on any atom is -0.505 e. The lowest BCUT2D eigenvalue weighted by molar-refractivity contribution is 0.0591. The number of pyridine rings is 1. The number of hydrogen-bond donors (Lipinski definition) is 1. The molecular weight excluding hydrogens is 329 g/mol. The standard InChI is InChI=1S/C15H9Cl2NO4/c1-21-15(20)11-12(19)9-6-10(22-13(9)14(17)18-11)7-2-4-8(16)5-3-7/h2-6,19H,1H3. The Balaban J connectivity index is 2.21. The van der Waals surface area contributed by atoms with Crippen LogP contribution in [0.5, 0.6) is 5.75 Å². The molecule has 3 aromatic rings. The van der Waals surface area contributed by atoms with E-state index in [1.165, 1.54) is 7.11 Å². The third kappa shape index (κ3) is 2.38. The van der Waals surface area contributed by atoms with Crippen LogP contribution in [0, 0.1) is 0 Å². The first kappa shape index (κ1) is 14.7. The number of rotatable bonds is 2. The maximum atomic E-state index is 11.6. The fourth-order valence-corrected chi connectivity index (χ4v) is 2.40. The van der Waals surface area contributed by atoms with Crippen molar-refractivity contribution in [2.75, 3.05) is 7.11 Å². The number of benzene rings is 1. The van der Waals surface area contributed by atoms with Gasteiger partial charge in [0.1, 0.15) is 5.76 Å². The smallest absolute Gasteiger partial charge is 0.360 e. The molecule has 0 amide bonds. The van der Waals surface area contributed by atoms with Crippen molar-refractivity contribution < 1.29 is 19.1 Å². The summed E-state index contributed by atoms with van der Waals surface area (Å²) in [6, 6.07) is 8.53. The molecule has 0 aliphatic rings. The van der Waals surface area contributed by atoms with Gasteiger partial charge in [0, 0.05) is 10.6 Å². The topological polar surface area (TPSA) is 72.6 Å². The molecule has 0 unspecified atom stereocenters. The highest BCUT2D eigenvalue weighted by Gasteiger charge is 2.22. The molecule has 2 aromatic heterocycles. The molecule has 2 heterocycles. The van der Waals surface area contributed by atoms with E-state index in [-0.39, 0.29) is 27.6 Å². The molecule has 0 atom stereocenters. The number of carbonyl (C=O) groups excluding carboxylic acids is 1. The quantitative estimate of drug-likeness (QED) is 0.557. The summed E-state index contributed by atoms with van der Waals surface area (Å²) in [5, 5.41) is 11.0. The Labute approximate surface area is 135 Å². The first-order valence-corrected chi connectivity index (χ1v) is 6.93. The van der Waals surface area contributed by atoms with E-state index in [4.69, 9.17) is 27.6 Å². The van der Waals surface area contributed by atoms with E-state index in [0.717, 1.165) is 5.56 Å². The van der Waals surface area contributed by atoms with Crippen LogP contribution in [0.2, 0.25) is 10.2 Å². The molecule has 5 nitrogen and oxygen atoms in total. The SMILES string of the molecule is COC(=O)c1nc(Cl)c2oc(-c3ccc(Cl)cc3)cc2c1O. The Hall–Kier alpha value is -2.24. The molecule has 1 aromatic carbocycles. The van der Waals surface area contributed by atoms with Crippen LogP contribution in [0.25, 0.3) is 22.3 Å². The van der Waals surface area contributed by atoms with E-state index in [1.807, 2.05) is 0 Å². The van der Waals surface area contributed by atoms with Crippen LogP contribution in [0.3, 0.4) is 0 Å². The van der Waals surface area contributed by atoms with Gasteiger partial charge >= 0.3 is 5.97 Å². The number of aromatic hydroxyl groups is 1. The van der Waals surface area contributed by atoms with Gasteiger partial charge in [-0.15, -0.1) is 0 Å². The zero-order valence-electron chi connectivity index (χ0n) is 11.3. The van der Waals surface area contributed by atoms with Crippen LogP contribution in [-0.2, 0) is 4.74 Å². The van der Waals surface area contributed by atoms with Gasteiger partial charge in [-0.2, -0.15) is 0 Å². The third-order valence-electron chi connectivity index (χ3n) is 3.12. The minimum absolute atomic E-state index is 0.0339. The lowest BCUT2D eigenvalue weighted by atomic mass is 10.1. The maximum Gasteiger partial charge on any atom is 0.360 e. The van der Waals surface area contributed by atoms with Crippen molar-refractivity contribution in [3.63, 3.8) is 0 Å². The molecule has 0 saturated heterocycles. The lowest BCUT2D eigenvalue weighted by Crippen LogP contribution is -2.04. The first-order chi connectivity index (χ1) is 10.5.